The number of benzene rings is 4. The molecule has 0 spiro atoms. The molecule has 1 aliphatic carbocycles. The van der Waals surface area contributed by atoms with Gasteiger partial charge in [-0.1, -0.05) is 129 Å². The van der Waals surface area contributed by atoms with Gasteiger partial charge in [0.2, 0.25) is 23.7 Å². The maximum Gasteiger partial charge on any atom is 0.407 e. The maximum atomic E-state index is 15.9. The minimum atomic E-state index is -4.32. The van der Waals surface area contributed by atoms with Gasteiger partial charge in [-0.3, -0.25) is 19.4 Å². The van der Waals surface area contributed by atoms with E-state index in [4.69, 9.17) is 42.0 Å². The molecule has 5 amide bonds. The van der Waals surface area contributed by atoms with E-state index in [2.05, 4.69) is 48.4 Å². The molecule has 21 nitrogen and oxygen atoms in total. The zero-order chi connectivity index (χ0) is 70.6. The van der Waals surface area contributed by atoms with E-state index in [9.17, 15) is 27.6 Å². The predicted molar refractivity (Wildman–Crippen MR) is 375 cm³/mol. The summed E-state index contributed by atoms with van der Waals surface area (Å²) in [5.41, 5.74) is 14.1. The molecule has 1 unspecified atom stereocenters. The first kappa shape index (κ1) is 77.6. The summed E-state index contributed by atoms with van der Waals surface area (Å²) < 4.78 is 55.1. The van der Waals surface area contributed by atoms with Crippen LogP contribution in [0.5, 0.6) is 5.75 Å². The van der Waals surface area contributed by atoms with Gasteiger partial charge < -0.3 is 57.0 Å². The molecule has 1 fully saturated rings. The number of amides is 5. The molecule has 96 heavy (non-hydrogen) atoms. The zero-order valence-corrected chi connectivity index (χ0v) is 60.1. The number of nitrogens with zero attached hydrogens (tertiary/aromatic N) is 1. The maximum absolute atomic E-state index is 15.9. The van der Waals surface area contributed by atoms with Crippen molar-refractivity contribution in [2.45, 2.75) is 256 Å². The third kappa shape index (κ3) is 22.8. The number of carbonyl (C=O) groups is 6. The van der Waals surface area contributed by atoms with Gasteiger partial charge in [-0.05, 0) is 176 Å². The van der Waals surface area contributed by atoms with Gasteiger partial charge in [0.05, 0.1) is 10.9 Å². The Morgan fingerprint density at radius 2 is 1.12 bits per heavy atom. The number of nitrogens with one attached hydrogen (secondary N) is 6. The van der Waals surface area contributed by atoms with Gasteiger partial charge in [-0.15, -0.1) is 0 Å². The van der Waals surface area contributed by atoms with Crippen LogP contribution in [0, 0.1) is 20.8 Å². The number of carbonyl (C=O) groups excluding carboxylic acids is 6. The Morgan fingerprint density at radius 3 is 1.66 bits per heavy atom. The molecule has 5 atom stereocenters. The Kier molecular flexibility index (Phi) is 28.4. The van der Waals surface area contributed by atoms with E-state index in [1.54, 1.807) is 79.7 Å². The summed E-state index contributed by atoms with van der Waals surface area (Å²) in [5, 5.41) is 14.2. The third-order valence-electron chi connectivity index (χ3n) is 17.3. The first-order valence-electron chi connectivity index (χ1n) is 34.1. The lowest BCUT2D eigenvalue weighted by atomic mass is 9.78. The molecule has 4 aromatic carbocycles. The second kappa shape index (κ2) is 35.2. The summed E-state index contributed by atoms with van der Waals surface area (Å²) in [7, 11) is -4.32. The van der Waals surface area contributed by atoms with Crippen LogP contribution >= 0.6 is 11.6 Å². The van der Waals surface area contributed by atoms with E-state index in [0.717, 1.165) is 36.8 Å². The summed E-state index contributed by atoms with van der Waals surface area (Å²) in [5.74, 6) is -2.60. The Labute approximate surface area is 574 Å². The average Bonchev–Trinajstić information content (AvgIpc) is 1.27. The molecular weight excluding hydrogens is 1260 g/mol. The molecule has 0 bridgehead atoms. The van der Waals surface area contributed by atoms with Crippen molar-refractivity contribution in [1.29, 1.82) is 0 Å². The molecule has 0 aromatic heterocycles. The quantitative estimate of drug-likeness (QED) is 0.00655. The third-order valence-corrected chi connectivity index (χ3v) is 19.2. The number of guanidine groups is 1. The number of aliphatic imine (C=N–C) groups is 1. The minimum absolute atomic E-state index is 0.0163. The van der Waals surface area contributed by atoms with Crippen molar-refractivity contribution in [3.8, 4) is 5.75 Å². The highest BCUT2D eigenvalue weighted by molar-refractivity contribution is 7.90. The fourth-order valence-corrected chi connectivity index (χ4v) is 14.2. The van der Waals surface area contributed by atoms with Gasteiger partial charge in [0, 0.05) is 58.9 Å². The fraction of sp³-hybridized carbons (Fsp3) is 0.575. The van der Waals surface area contributed by atoms with E-state index in [1.807, 2.05) is 63.2 Å². The molecular formula is C73H106ClN9O12S. The van der Waals surface area contributed by atoms with Crippen LogP contribution in [0.25, 0.3) is 0 Å². The fourth-order valence-electron chi connectivity index (χ4n) is 12.4. The highest BCUT2D eigenvalue weighted by Crippen LogP contribution is 2.46. The Bertz CT molecular complexity index is 3430. The molecule has 528 valence electrons. The lowest BCUT2D eigenvalue weighted by molar-refractivity contribution is -0.157. The van der Waals surface area contributed by atoms with Crippen LogP contribution in [0.4, 0.5) is 9.59 Å². The van der Waals surface area contributed by atoms with Crippen LogP contribution in [-0.2, 0) is 55.4 Å². The second-order valence-electron chi connectivity index (χ2n) is 28.2. The topological polar surface area (TPSA) is 310 Å². The van der Waals surface area contributed by atoms with Crippen molar-refractivity contribution >= 4 is 63.5 Å². The van der Waals surface area contributed by atoms with Crippen molar-refractivity contribution in [3.63, 3.8) is 0 Å². The number of hydrogen-bond donors (Lipinski definition) is 8. The van der Waals surface area contributed by atoms with Crippen molar-refractivity contribution in [1.82, 2.24) is 31.3 Å². The normalized spacial score (nSPS) is 16.5. The smallest absolute Gasteiger partial charge is 0.407 e. The molecule has 1 saturated carbocycles. The summed E-state index contributed by atoms with van der Waals surface area (Å²) in [6.45, 7) is 21.4. The van der Waals surface area contributed by atoms with E-state index < -0.39 is 98.4 Å². The number of ether oxygens (including phenoxy) is 4. The Morgan fingerprint density at radius 1 is 0.635 bits per heavy atom. The first-order chi connectivity index (χ1) is 45.2. The summed E-state index contributed by atoms with van der Waals surface area (Å²) >= 11 is 7.24. The summed E-state index contributed by atoms with van der Waals surface area (Å²) in [4.78, 5) is 88.6. The van der Waals surface area contributed by atoms with E-state index in [0.29, 0.717) is 70.2 Å². The second-order valence-corrected chi connectivity index (χ2v) is 30.2. The standard InChI is InChI=1S/C73H106ClN9O12S/c1-47-48(2)62(49(3)61-55(47)46-72(11,12)92-61)96(90,91)83-67(76)77-45-29-38-60(66(87)93-73(53-32-21-18-22-33-53,56-34-23-24-35-57(56)74)54-41-39-52(40-42-54)51-30-19-16-14-13-15-17-20-31-51)82-65(86)59(37-26-28-44-79-69(89)95-71(8,9)10)81-64(85)58(80-63(84)50(4)75)36-25-27-43-78-68(88)94-70(5,6)7/h18,21-24,32-35,39-42,50-51,58-60H,13-17,19-20,25-31,36-38,43-46,75H2,1-12H3,(H,78,88)(H,79,89)(H,80,84)(H,81,85)(H,82,86)(H3,76,77,83)/t50-,58-,59-,60-,73?/m0/s1. The van der Waals surface area contributed by atoms with E-state index in [-0.39, 0.29) is 56.6 Å². The number of halogens is 1. The number of fused-ring (bicyclic) bond motifs is 1. The van der Waals surface area contributed by atoms with Crippen LogP contribution in [0.3, 0.4) is 0 Å². The molecule has 10 N–H and O–H groups in total. The summed E-state index contributed by atoms with van der Waals surface area (Å²) in [6.07, 6.45) is 11.0. The van der Waals surface area contributed by atoms with Crippen LogP contribution in [0.2, 0.25) is 5.02 Å². The molecule has 2 aliphatic rings. The largest absolute Gasteiger partial charge is 0.487 e. The molecule has 1 aliphatic heterocycles. The van der Waals surface area contributed by atoms with Gasteiger partial charge >= 0.3 is 18.2 Å². The van der Waals surface area contributed by atoms with Crippen molar-refractivity contribution < 1.29 is 56.1 Å². The molecule has 6 rings (SSSR count). The van der Waals surface area contributed by atoms with Crippen molar-refractivity contribution in [3.05, 3.63) is 128 Å². The summed E-state index contributed by atoms with van der Waals surface area (Å²) in [6, 6.07) is 19.4. The van der Waals surface area contributed by atoms with Crippen LogP contribution in [0.15, 0.2) is 88.8 Å². The van der Waals surface area contributed by atoms with Gasteiger partial charge in [0.25, 0.3) is 10.0 Å². The monoisotopic (exact) mass is 1370 g/mol. The SMILES string of the molecule is Cc1c(C)c(S(=O)(=O)NC(N)=NCCC[C@H](NC(=O)[C@H](CCCCNC(=O)OC(C)(C)C)NC(=O)[C@H](CCCCNC(=O)OC(C)(C)C)NC(=O)[C@H](C)N)C(=O)OC(c2ccccc2)(c2ccc(C3CCCCCCCCC3)cc2)c2ccccc2Cl)c(C)c2c1CC(C)(C)O2. The van der Waals surface area contributed by atoms with Crippen LogP contribution in [-0.4, -0.2) is 111 Å². The zero-order valence-electron chi connectivity index (χ0n) is 58.5. The average molecular weight is 1370 g/mol. The predicted octanol–water partition coefficient (Wildman–Crippen LogP) is 11.7. The van der Waals surface area contributed by atoms with Gasteiger partial charge in [-0.2, -0.15) is 0 Å². The lowest BCUT2D eigenvalue weighted by Crippen LogP contribution is -2.57. The van der Waals surface area contributed by atoms with Gasteiger partial charge in [0.1, 0.15) is 40.7 Å². The molecule has 0 radical (unpaired) electrons. The number of alkyl carbamates (subject to hydrolysis) is 2. The number of rotatable bonds is 28. The van der Waals surface area contributed by atoms with Crippen molar-refractivity contribution in [2.24, 2.45) is 16.5 Å². The number of sulfonamides is 1. The minimum Gasteiger partial charge on any atom is -0.487 e. The highest BCUT2D eigenvalue weighted by Gasteiger charge is 2.45. The highest BCUT2D eigenvalue weighted by atomic mass is 35.5. The number of unbranched alkanes of at least 4 members (excludes halogenated alkanes) is 2. The molecule has 4 aromatic rings. The van der Waals surface area contributed by atoms with E-state index >= 15 is 9.59 Å². The Balaban J connectivity index is 1.38. The van der Waals surface area contributed by atoms with Crippen LogP contribution < -0.4 is 47.5 Å². The van der Waals surface area contributed by atoms with E-state index in [1.165, 1.54) is 44.6 Å². The molecule has 23 heteroatoms. The van der Waals surface area contributed by atoms with Gasteiger partial charge in [-0.25, -0.2) is 27.5 Å². The van der Waals surface area contributed by atoms with Crippen LogP contribution in [0.1, 0.15) is 222 Å². The lowest BCUT2D eigenvalue weighted by Gasteiger charge is -2.37. The number of hydrogen-bond acceptors (Lipinski definition) is 14. The van der Waals surface area contributed by atoms with Gasteiger partial charge in [0.15, 0.2) is 5.60 Å². The molecule has 0 saturated heterocycles. The first-order valence-corrected chi connectivity index (χ1v) is 36.0. The Hall–Kier alpha value is -7.43. The number of esters is 1. The number of nitrogens with two attached hydrogens (primary N) is 2. The van der Waals surface area contributed by atoms with Crippen molar-refractivity contribution in [2.75, 3.05) is 19.6 Å². The molecule has 1 heterocycles.